The fraction of sp³-hybridized carbons (Fsp3) is 0.742. The lowest BCUT2D eigenvalue weighted by atomic mass is 9.73. The topological polar surface area (TPSA) is 94.5 Å². The fourth-order valence-electron chi connectivity index (χ4n) is 6.70. The number of carbonyl (C=O) groups is 2. The highest BCUT2D eigenvalue weighted by Crippen LogP contribution is 2.49. The van der Waals surface area contributed by atoms with Crippen molar-refractivity contribution in [2.24, 2.45) is 17.8 Å². The van der Waals surface area contributed by atoms with Gasteiger partial charge in [-0.25, -0.2) is 4.79 Å². The van der Waals surface area contributed by atoms with E-state index in [-0.39, 0.29) is 30.7 Å². The van der Waals surface area contributed by atoms with E-state index in [4.69, 9.17) is 18.9 Å². The van der Waals surface area contributed by atoms with Crippen LogP contribution in [0.4, 0.5) is 0 Å². The Morgan fingerprint density at radius 1 is 1.13 bits per heavy atom. The van der Waals surface area contributed by atoms with E-state index >= 15 is 0 Å². The van der Waals surface area contributed by atoms with Gasteiger partial charge in [-0.3, -0.25) is 9.69 Å². The van der Waals surface area contributed by atoms with E-state index in [0.717, 1.165) is 95.4 Å². The van der Waals surface area contributed by atoms with Gasteiger partial charge in [-0.1, -0.05) is 38.3 Å². The Balaban J connectivity index is 1.42. The van der Waals surface area contributed by atoms with Crippen molar-refractivity contribution in [2.45, 2.75) is 83.3 Å². The van der Waals surface area contributed by atoms with Crippen LogP contribution in [-0.2, 0) is 36.6 Å². The number of esters is 2. The van der Waals surface area contributed by atoms with Crippen LogP contribution in [0.15, 0.2) is 18.2 Å². The molecule has 2 fully saturated rings. The molecule has 1 aromatic carbocycles. The SMILES string of the molecule is CCCCCC(O)CCC1C(OC(=O)CCN2CCOCC2)CC2Cc3c(cccc3OCC(=O)OC)CC21. The summed E-state index contributed by atoms with van der Waals surface area (Å²) in [4.78, 5) is 26.9. The fourth-order valence-corrected chi connectivity index (χ4v) is 6.70. The summed E-state index contributed by atoms with van der Waals surface area (Å²) in [7, 11) is 1.36. The Labute approximate surface area is 233 Å². The Bertz CT molecular complexity index is 932. The summed E-state index contributed by atoms with van der Waals surface area (Å²) >= 11 is 0. The number of aliphatic hydroxyl groups excluding tert-OH is 1. The van der Waals surface area contributed by atoms with Gasteiger partial charge < -0.3 is 24.1 Å². The van der Waals surface area contributed by atoms with Crippen LogP contribution in [0.2, 0.25) is 0 Å². The molecule has 1 heterocycles. The third-order valence-electron chi connectivity index (χ3n) is 8.89. The minimum atomic E-state index is -0.399. The molecule has 8 nitrogen and oxygen atoms in total. The molecule has 1 aromatic rings. The highest BCUT2D eigenvalue weighted by atomic mass is 16.6. The summed E-state index contributed by atoms with van der Waals surface area (Å²) in [5, 5.41) is 10.7. The predicted octanol–water partition coefficient (Wildman–Crippen LogP) is 3.94. The van der Waals surface area contributed by atoms with Crippen LogP contribution in [0.1, 0.15) is 69.4 Å². The summed E-state index contributed by atoms with van der Waals surface area (Å²) in [5.41, 5.74) is 2.40. The van der Waals surface area contributed by atoms with Gasteiger partial charge in [0.15, 0.2) is 6.61 Å². The minimum absolute atomic E-state index is 0.108. The number of fused-ring (bicyclic) bond motifs is 2. The Morgan fingerprint density at radius 3 is 2.72 bits per heavy atom. The van der Waals surface area contributed by atoms with E-state index in [1.807, 2.05) is 12.1 Å². The van der Waals surface area contributed by atoms with E-state index in [9.17, 15) is 14.7 Å². The van der Waals surface area contributed by atoms with Gasteiger partial charge in [0.05, 0.1) is 32.8 Å². The van der Waals surface area contributed by atoms with Crippen molar-refractivity contribution in [1.29, 1.82) is 0 Å². The van der Waals surface area contributed by atoms with Crippen LogP contribution in [-0.4, -0.2) is 80.7 Å². The van der Waals surface area contributed by atoms with Gasteiger partial charge in [0.25, 0.3) is 0 Å². The number of carbonyl (C=O) groups excluding carboxylic acids is 2. The van der Waals surface area contributed by atoms with Gasteiger partial charge in [0, 0.05) is 19.6 Å². The molecule has 0 aromatic heterocycles. The Morgan fingerprint density at radius 2 is 1.95 bits per heavy atom. The maximum absolute atomic E-state index is 13.0. The van der Waals surface area contributed by atoms with Gasteiger partial charge in [0.1, 0.15) is 11.9 Å². The van der Waals surface area contributed by atoms with Gasteiger partial charge in [-0.05, 0) is 73.5 Å². The maximum Gasteiger partial charge on any atom is 0.343 e. The summed E-state index contributed by atoms with van der Waals surface area (Å²) in [6.07, 6.45) is 8.31. The number of morpholine rings is 1. The van der Waals surface area contributed by atoms with Crippen LogP contribution in [0, 0.1) is 17.8 Å². The van der Waals surface area contributed by atoms with E-state index in [0.29, 0.717) is 24.8 Å². The number of hydrogen-bond donors (Lipinski definition) is 1. The largest absolute Gasteiger partial charge is 0.482 e. The molecule has 0 radical (unpaired) electrons. The molecule has 3 aliphatic rings. The second-order valence-corrected chi connectivity index (χ2v) is 11.4. The van der Waals surface area contributed by atoms with E-state index < -0.39 is 5.97 Å². The maximum atomic E-state index is 13.0. The van der Waals surface area contributed by atoms with E-state index in [2.05, 4.69) is 17.9 Å². The van der Waals surface area contributed by atoms with Gasteiger partial charge in [-0.15, -0.1) is 0 Å². The number of rotatable bonds is 14. The Hall–Kier alpha value is -2.16. The standard InChI is InChI=1S/C31H47NO7/c1-3-4-5-8-24(33)10-11-25-26-18-22-7-6-9-28(38-21-31(35)36-2)27(22)19-23(26)20-29(25)39-30(34)12-13-32-14-16-37-17-15-32/h6-7,9,23-26,29,33H,3-5,8,10-21H2,1-2H3. The molecule has 1 N–H and O–H groups in total. The molecule has 0 amide bonds. The highest BCUT2D eigenvalue weighted by Gasteiger charge is 2.47. The van der Waals surface area contributed by atoms with Crippen LogP contribution in [0.5, 0.6) is 5.75 Å². The molecule has 2 aliphatic carbocycles. The predicted molar refractivity (Wildman–Crippen MR) is 148 cm³/mol. The highest BCUT2D eigenvalue weighted by molar-refractivity contribution is 5.71. The summed E-state index contributed by atoms with van der Waals surface area (Å²) in [6, 6.07) is 6.05. The van der Waals surface area contributed by atoms with Crippen molar-refractivity contribution in [2.75, 3.05) is 46.6 Å². The van der Waals surface area contributed by atoms with Crippen molar-refractivity contribution in [3.05, 3.63) is 29.3 Å². The van der Waals surface area contributed by atoms with Crippen LogP contribution < -0.4 is 4.74 Å². The molecular formula is C31H47NO7. The number of nitrogens with zero attached hydrogens (tertiary/aromatic N) is 1. The van der Waals surface area contributed by atoms with E-state index in [1.165, 1.54) is 12.7 Å². The number of unbranched alkanes of at least 4 members (excludes halogenated alkanes) is 2. The zero-order valence-electron chi connectivity index (χ0n) is 23.8. The molecule has 4 rings (SSSR count). The molecule has 5 unspecified atom stereocenters. The molecule has 5 atom stereocenters. The van der Waals surface area contributed by atoms with Crippen LogP contribution in [0.3, 0.4) is 0 Å². The lowest BCUT2D eigenvalue weighted by Gasteiger charge is -2.33. The minimum Gasteiger partial charge on any atom is -0.482 e. The molecule has 1 saturated heterocycles. The lowest BCUT2D eigenvalue weighted by Crippen LogP contribution is -2.38. The molecule has 1 aliphatic heterocycles. The Kier molecular flexibility index (Phi) is 11.5. The normalized spacial score (nSPS) is 25.4. The van der Waals surface area contributed by atoms with Gasteiger partial charge in [-0.2, -0.15) is 0 Å². The molecular weight excluding hydrogens is 498 g/mol. The smallest absolute Gasteiger partial charge is 0.343 e. The van der Waals surface area contributed by atoms with Crippen molar-refractivity contribution in [1.82, 2.24) is 4.90 Å². The summed E-state index contributed by atoms with van der Waals surface area (Å²) < 4.78 is 22.2. The second kappa shape index (κ2) is 15.0. The first-order chi connectivity index (χ1) is 19.0. The average Bonchev–Trinajstić information content (AvgIpc) is 3.28. The average molecular weight is 546 g/mol. The first kappa shape index (κ1) is 29.8. The van der Waals surface area contributed by atoms with Crippen molar-refractivity contribution >= 4 is 11.9 Å². The lowest BCUT2D eigenvalue weighted by molar-refractivity contribution is -0.152. The number of hydrogen-bond acceptors (Lipinski definition) is 8. The number of aliphatic hydroxyl groups is 1. The van der Waals surface area contributed by atoms with Gasteiger partial charge >= 0.3 is 11.9 Å². The zero-order valence-corrected chi connectivity index (χ0v) is 23.8. The molecule has 39 heavy (non-hydrogen) atoms. The van der Waals surface area contributed by atoms with Crippen molar-refractivity contribution in [3.8, 4) is 5.75 Å². The monoisotopic (exact) mass is 545 g/mol. The number of benzene rings is 1. The summed E-state index contributed by atoms with van der Waals surface area (Å²) in [5.74, 6) is 1.22. The second-order valence-electron chi connectivity index (χ2n) is 11.4. The van der Waals surface area contributed by atoms with Crippen molar-refractivity contribution < 1.29 is 33.6 Å². The molecule has 1 saturated carbocycles. The van der Waals surface area contributed by atoms with Crippen LogP contribution >= 0.6 is 0 Å². The van der Waals surface area contributed by atoms with Crippen molar-refractivity contribution in [3.63, 3.8) is 0 Å². The van der Waals surface area contributed by atoms with Gasteiger partial charge in [0.2, 0.25) is 0 Å². The third-order valence-corrected chi connectivity index (χ3v) is 8.89. The van der Waals surface area contributed by atoms with Crippen LogP contribution in [0.25, 0.3) is 0 Å². The first-order valence-electron chi connectivity index (χ1n) is 15.0. The first-order valence-corrected chi connectivity index (χ1v) is 15.0. The molecule has 0 spiro atoms. The molecule has 8 heteroatoms. The number of ether oxygens (including phenoxy) is 4. The number of methoxy groups -OCH3 is 1. The summed E-state index contributed by atoms with van der Waals surface area (Å²) in [6.45, 7) is 5.93. The zero-order chi connectivity index (χ0) is 27.6. The quantitative estimate of drug-likeness (QED) is 0.278. The van der Waals surface area contributed by atoms with E-state index in [1.54, 1.807) is 0 Å². The molecule has 0 bridgehead atoms. The molecule has 218 valence electrons. The third kappa shape index (κ3) is 8.41.